The van der Waals surface area contributed by atoms with Crippen molar-refractivity contribution < 1.29 is 17.9 Å². The number of nitrogens with zero attached hydrogens (tertiary/aromatic N) is 1. The molecule has 0 bridgehead atoms. The first-order chi connectivity index (χ1) is 9.84. The molecule has 1 amide bonds. The molecule has 2 N–H and O–H groups in total. The van der Waals surface area contributed by atoms with E-state index in [2.05, 4.69) is 0 Å². The van der Waals surface area contributed by atoms with Gasteiger partial charge in [-0.1, -0.05) is 0 Å². The second-order valence-electron chi connectivity index (χ2n) is 5.32. The third-order valence-corrected chi connectivity index (χ3v) is 6.37. The van der Waals surface area contributed by atoms with E-state index < -0.39 is 10.0 Å². The van der Waals surface area contributed by atoms with Crippen LogP contribution in [0.2, 0.25) is 0 Å². The zero-order chi connectivity index (χ0) is 15.6. The molecule has 0 aromatic carbocycles. The molecule has 21 heavy (non-hydrogen) atoms. The number of rotatable bonds is 4. The summed E-state index contributed by atoms with van der Waals surface area (Å²) in [4.78, 5) is 14.3. The van der Waals surface area contributed by atoms with Crippen molar-refractivity contribution in [2.45, 2.75) is 24.0 Å². The van der Waals surface area contributed by atoms with Gasteiger partial charge < -0.3 is 9.64 Å². The Kier molecular flexibility index (Phi) is 5.03. The predicted molar refractivity (Wildman–Crippen MR) is 80.9 cm³/mol. The maximum Gasteiger partial charge on any atom is 0.255 e. The number of carbonyl (C=O) groups is 1. The Labute approximate surface area is 128 Å². The molecule has 0 aliphatic carbocycles. The molecule has 0 spiro atoms. The molecule has 8 heteroatoms. The van der Waals surface area contributed by atoms with E-state index in [1.807, 2.05) is 0 Å². The maximum absolute atomic E-state index is 12.6. The summed E-state index contributed by atoms with van der Waals surface area (Å²) in [6.45, 7) is 3.60. The van der Waals surface area contributed by atoms with E-state index in [1.165, 1.54) is 0 Å². The summed E-state index contributed by atoms with van der Waals surface area (Å²) in [5.41, 5.74) is 0.878. The molecular formula is C13H20N2O4S2. The van der Waals surface area contributed by atoms with Gasteiger partial charge in [-0.3, -0.25) is 4.79 Å². The number of primary sulfonamides is 1. The minimum Gasteiger partial charge on any atom is -0.384 e. The molecule has 1 saturated heterocycles. The van der Waals surface area contributed by atoms with E-state index in [0.717, 1.165) is 24.2 Å². The van der Waals surface area contributed by atoms with Crippen LogP contribution in [0.15, 0.2) is 9.59 Å². The van der Waals surface area contributed by atoms with Gasteiger partial charge in [0.15, 0.2) is 0 Å². The fourth-order valence-electron chi connectivity index (χ4n) is 2.68. The summed E-state index contributed by atoms with van der Waals surface area (Å²) in [7, 11) is -2.11. The van der Waals surface area contributed by atoms with Gasteiger partial charge >= 0.3 is 0 Å². The first-order valence-electron chi connectivity index (χ1n) is 6.73. The molecule has 1 unspecified atom stereocenters. The first-order valence-corrected chi connectivity index (χ1v) is 9.16. The minimum atomic E-state index is -3.77. The Balaban J connectivity index is 2.19. The van der Waals surface area contributed by atoms with Crippen LogP contribution in [0.25, 0.3) is 0 Å². The molecule has 6 nitrogen and oxygen atoms in total. The summed E-state index contributed by atoms with van der Waals surface area (Å²) in [5, 5.41) is 6.73. The van der Waals surface area contributed by atoms with Gasteiger partial charge in [-0.2, -0.15) is 0 Å². The van der Waals surface area contributed by atoms with Gasteiger partial charge in [0.2, 0.25) is 10.0 Å². The number of likely N-dealkylation sites (tertiary alicyclic amines) is 1. The van der Waals surface area contributed by atoms with Crippen LogP contribution in [0.3, 0.4) is 0 Å². The highest BCUT2D eigenvalue weighted by molar-refractivity contribution is 7.91. The Hall–Kier alpha value is -0.960. The second kappa shape index (κ2) is 6.43. The van der Waals surface area contributed by atoms with E-state index in [1.54, 1.807) is 24.3 Å². The number of methoxy groups -OCH3 is 1. The number of hydrogen-bond acceptors (Lipinski definition) is 5. The quantitative estimate of drug-likeness (QED) is 0.897. The van der Waals surface area contributed by atoms with Crippen LogP contribution in [0.4, 0.5) is 0 Å². The number of ether oxygens (including phenoxy) is 1. The fourth-order valence-corrected chi connectivity index (χ4v) is 4.69. The number of sulfonamides is 1. The van der Waals surface area contributed by atoms with Crippen molar-refractivity contribution in [3.8, 4) is 0 Å². The third-order valence-electron chi connectivity index (χ3n) is 3.69. The second-order valence-corrected chi connectivity index (χ2v) is 7.96. The highest BCUT2D eigenvalue weighted by atomic mass is 32.2. The zero-order valence-electron chi connectivity index (χ0n) is 12.2. The van der Waals surface area contributed by atoms with E-state index in [9.17, 15) is 13.2 Å². The van der Waals surface area contributed by atoms with E-state index in [0.29, 0.717) is 36.7 Å². The number of nitrogens with two attached hydrogens (primary N) is 1. The molecular weight excluding hydrogens is 312 g/mol. The molecule has 0 saturated carbocycles. The number of thiophene rings is 1. The van der Waals surface area contributed by atoms with Gasteiger partial charge in [0, 0.05) is 25.6 Å². The first kappa shape index (κ1) is 16.4. The standard InChI is InChI=1S/C13H20N2O4S2/c1-9-11(8-20-13(9)21(14,17)18)12(16)15-5-3-4-10(6-15)7-19-2/h8,10H,3-7H2,1-2H3,(H2,14,17,18). The Morgan fingerprint density at radius 1 is 1.57 bits per heavy atom. The van der Waals surface area contributed by atoms with Gasteiger partial charge in [-0.15, -0.1) is 11.3 Å². The molecule has 2 heterocycles. The molecule has 1 fully saturated rings. The van der Waals surface area contributed by atoms with Crippen LogP contribution in [0.5, 0.6) is 0 Å². The molecule has 118 valence electrons. The van der Waals surface area contributed by atoms with Crippen molar-refractivity contribution in [3.05, 3.63) is 16.5 Å². The lowest BCUT2D eigenvalue weighted by molar-refractivity contribution is 0.0570. The van der Waals surface area contributed by atoms with E-state index in [4.69, 9.17) is 9.88 Å². The average Bonchev–Trinajstić information content (AvgIpc) is 2.80. The summed E-state index contributed by atoms with van der Waals surface area (Å²) >= 11 is 1.00. The molecule has 0 radical (unpaired) electrons. The summed E-state index contributed by atoms with van der Waals surface area (Å²) in [6.07, 6.45) is 1.98. The molecule has 2 rings (SSSR count). The van der Waals surface area contributed by atoms with Gasteiger partial charge in [-0.25, -0.2) is 13.6 Å². The minimum absolute atomic E-state index is 0.0660. The molecule has 1 aliphatic heterocycles. The van der Waals surface area contributed by atoms with Crippen LogP contribution >= 0.6 is 11.3 Å². The lowest BCUT2D eigenvalue weighted by Gasteiger charge is -2.32. The van der Waals surface area contributed by atoms with Crippen molar-refractivity contribution in [1.82, 2.24) is 4.90 Å². The average molecular weight is 332 g/mol. The van der Waals surface area contributed by atoms with Crippen LogP contribution in [0, 0.1) is 12.8 Å². The Bertz CT molecular complexity index is 622. The number of hydrogen-bond donors (Lipinski definition) is 1. The summed E-state index contributed by atoms with van der Waals surface area (Å²) in [6, 6.07) is 0. The number of piperidine rings is 1. The molecule has 1 aliphatic rings. The van der Waals surface area contributed by atoms with Crippen molar-refractivity contribution >= 4 is 27.3 Å². The third kappa shape index (κ3) is 3.63. The van der Waals surface area contributed by atoms with Gasteiger partial charge in [0.05, 0.1) is 12.2 Å². The van der Waals surface area contributed by atoms with Crippen molar-refractivity contribution in [3.63, 3.8) is 0 Å². The fraction of sp³-hybridized carbons (Fsp3) is 0.615. The summed E-state index contributed by atoms with van der Waals surface area (Å²) in [5.74, 6) is 0.212. The van der Waals surface area contributed by atoms with Crippen LogP contribution in [0.1, 0.15) is 28.8 Å². The molecule has 1 aromatic heterocycles. The van der Waals surface area contributed by atoms with Gasteiger partial charge in [-0.05, 0) is 31.2 Å². The molecule has 1 atom stereocenters. The van der Waals surface area contributed by atoms with Crippen LogP contribution in [-0.4, -0.2) is 46.0 Å². The normalized spacial score (nSPS) is 19.8. The monoisotopic (exact) mass is 332 g/mol. The van der Waals surface area contributed by atoms with Crippen LogP contribution in [-0.2, 0) is 14.8 Å². The summed E-state index contributed by atoms with van der Waals surface area (Å²) < 4.78 is 28.1. The topological polar surface area (TPSA) is 89.7 Å². The lowest BCUT2D eigenvalue weighted by atomic mass is 9.98. The largest absolute Gasteiger partial charge is 0.384 e. The number of carbonyl (C=O) groups excluding carboxylic acids is 1. The maximum atomic E-state index is 12.6. The van der Waals surface area contributed by atoms with Crippen molar-refractivity contribution in [1.29, 1.82) is 0 Å². The van der Waals surface area contributed by atoms with Gasteiger partial charge in [0.25, 0.3) is 5.91 Å². The Morgan fingerprint density at radius 2 is 2.29 bits per heavy atom. The highest BCUT2D eigenvalue weighted by Gasteiger charge is 2.28. The Morgan fingerprint density at radius 3 is 2.86 bits per heavy atom. The predicted octanol–water partition coefficient (Wildman–Crippen LogP) is 1.20. The van der Waals surface area contributed by atoms with E-state index in [-0.39, 0.29) is 10.1 Å². The van der Waals surface area contributed by atoms with Crippen molar-refractivity contribution in [2.24, 2.45) is 11.1 Å². The smallest absolute Gasteiger partial charge is 0.255 e. The van der Waals surface area contributed by atoms with Gasteiger partial charge in [0.1, 0.15) is 4.21 Å². The van der Waals surface area contributed by atoms with Crippen LogP contribution < -0.4 is 5.14 Å². The van der Waals surface area contributed by atoms with Crippen molar-refractivity contribution in [2.75, 3.05) is 26.8 Å². The SMILES string of the molecule is COCC1CCCN(C(=O)c2csc(S(N)(=O)=O)c2C)C1. The zero-order valence-corrected chi connectivity index (χ0v) is 13.8. The highest BCUT2D eigenvalue weighted by Crippen LogP contribution is 2.28. The molecule has 1 aromatic rings. The van der Waals surface area contributed by atoms with E-state index >= 15 is 0 Å². The number of amides is 1. The lowest BCUT2D eigenvalue weighted by Crippen LogP contribution is -2.41.